The van der Waals surface area contributed by atoms with Gasteiger partial charge < -0.3 is 9.88 Å². The van der Waals surface area contributed by atoms with E-state index in [2.05, 4.69) is 54.2 Å². The maximum atomic E-state index is 13.2. The zero-order valence-electron chi connectivity index (χ0n) is 17.6. The minimum atomic E-state index is -3.48. The average molecular weight is 422 g/mol. The molecule has 0 unspecified atom stereocenters. The van der Waals surface area contributed by atoms with Gasteiger partial charge >= 0.3 is 0 Å². The summed E-state index contributed by atoms with van der Waals surface area (Å²) in [6.07, 6.45) is 3.59. The highest BCUT2D eigenvalue weighted by Gasteiger charge is 2.44. The summed E-state index contributed by atoms with van der Waals surface area (Å²) in [6.45, 7) is 7.21. The van der Waals surface area contributed by atoms with Crippen LogP contribution in [0.5, 0.6) is 0 Å². The van der Waals surface area contributed by atoms with Crippen molar-refractivity contribution in [3.63, 3.8) is 0 Å². The van der Waals surface area contributed by atoms with Crippen LogP contribution in [-0.4, -0.2) is 30.4 Å². The Balaban J connectivity index is 1.47. The number of piperidine rings is 1. The Kier molecular flexibility index (Phi) is 4.35. The number of fused-ring (bicyclic) bond motifs is 4. The van der Waals surface area contributed by atoms with Gasteiger partial charge in [0, 0.05) is 25.0 Å². The van der Waals surface area contributed by atoms with E-state index in [1.54, 1.807) is 16.4 Å². The second-order valence-electron chi connectivity index (χ2n) is 8.59. The SMILES string of the molecule is Cc1cccc(S(=O)(=O)N2CCC3(CC2)Nc2ccc(C)c(C)c2-n2cccc23)c1. The quantitative estimate of drug-likeness (QED) is 0.662. The zero-order valence-corrected chi connectivity index (χ0v) is 18.5. The van der Waals surface area contributed by atoms with E-state index < -0.39 is 10.0 Å². The van der Waals surface area contributed by atoms with Crippen molar-refractivity contribution in [3.8, 4) is 5.69 Å². The Morgan fingerprint density at radius 3 is 2.47 bits per heavy atom. The normalized spacial score (nSPS) is 18.0. The molecule has 30 heavy (non-hydrogen) atoms. The second-order valence-corrected chi connectivity index (χ2v) is 10.5. The first-order valence-corrected chi connectivity index (χ1v) is 11.9. The first-order valence-electron chi connectivity index (χ1n) is 10.5. The molecule has 2 aromatic carbocycles. The zero-order chi connectivity index (χ0) is 21.1. The van der Waals surface area contributed by atoms with Crippen molar-refractivity contribution in [2.75, 3.05) is 18.4 Å². The number of aromatic nitrogens is 1. The number of sulfonamides is 1. The predicted molar refractivity (Wildman–Crippen MR) is 120 cm³/mol. The lowest BCUT2D eigenvalue weighted by Gasteiger charge is -2.46. The number of nitrogens with one attached hydrogen (secondary N) is 1. The van der Waals surface area contributed by atoms with Crippen LogP contribution in [0.15, 0.2) is 59.6 Å². The van der Waals surface area contributed by atoms with Crippen LogP contribution in [0.4, 0.5) is 5.69 Å². The third-order valence-electron chi connectivity index (χ3n) is 6.76. The molecule has 0 saturated carbocycles. The largest absolute Gasteiger partial charge is 0.372 e. The van der Waals surface area contributed by atoms with E-state index in [1.165, 1.54) is 22.5 Å². The van der Waals surface area contributed by atoms with Crippen molar-refractivity contribution in [2.24, 2.45) is 0 Å². The molecule has 5 nitrogen and oxygen atoms in total. The van der Waals surface area contributed by atoms with Gasteiger partial charge in [-0.05, 0) is 80.6 Å². The number of aryl methyl sites for hydroxylation is 2. The molecule has 6 heteroatoms. The maximum absolute atomic E-state index is 13.2. The molecular formula is C24H27N3O2S. The molecule has 156 valence electrons. The first kappa shape index (κ1) is 19.4. The van der Waals surface area contributed by atoms with E-state index in [9.17, 15) is 8.42 Å². The van der Waals surface area contributed by atoms with Gasteiger partial charge in [-0.15, -0.1) is 0 Å². The van der Waals surface area contributed by atoms with Crippen molar-refractivity contribution < 1.29 is 8.42 Å². The summed E-state index contributed by atoms with van der Waals surface area (Å²) in [6, 6.07) is 15.7. The number of hydrogen-bond acceptors (Lipinski definition) is 3. The molecule has 2 aliphatic heterocycles. The lowest BCUT2D eigenvalue weighted by atomic mass is 9.82. The minimum Gasteiger partial charge on any atom is -0.372 e. The van der Waals surface area contributed by atoms with E-state index >= 15 is 0 Å². The Morgan fingerprint density at radius 2 is 1.73 bits per heavy atom. The van der Waals surface area contributed by atoms with Crippen molar-refractivity contribution in [1.29, 1.82) is 0 Å². The van der Waals surface area contributed by atoms with Crippen LogP contribution in [0.25, 0.3) is 5.69 Å². The molecule has 3 heterocycles. The Hall–Kier alpha value is -2.57. The molecule has 0 radical (unpaired) electrons. The Morgan fingerprint density at radius 1 is 0.967 bits per heavy atom. The van der Waals surface area contributed by atoms with Gasteiger partial charge in [0.15, 0.2) is 0 Å². The Labute approximate surface area is 178 Å². The fourth-order valence-electron chi connectivity index (χ4n) is 4.91. The fraction of sp³-hybridized carbons (Fsp3) is 0.333. The number of anilines is 1. The van der Waals surface area contributed by atoms with Crippen LogP contribution in [-0.2, 0) is 15.6 Å². The molecular weight excluding hydrogens is 394 g/mol. The topological polar surface area (TPSA) is 54.3 Å². The molecule has 3 aromatic rings. The van der Waals surface area contributed by atoms with Gasteiger partial charge in [0.1, 0.15) is 0 Å². The van der Waals surface area contributed by atoms with E-state index in [-0.39, 0.29) is 5.54 Å². The smallest absolute Gasteiger partial charge is 0.243 e. The van der Waals surface area contributed by atoms with Gasteiger partial charge in [0.25, 0.3) is 0 Å². The molecule has 2 aliphatic rings. The Bertz CT molecular complexity index is 1240. The lowest BCUT2D eigenvalue weighted by molar-refractivity contribution is 0.247. The molecule has 1 aromatic heterocycles. The third-order valence-corrected chi connectivity index (χ3v) is 8.65. The van der Waals surface area contributed by atoms with E-state index in [1.807, 2.05) is 19.1 Å². The lowest BCUT2D eigenvalue weighted by Crippen LogP contribution is -2.51. The van der Waals surface area contributed by atoms with Gasteiger partial charge in [-0.25, -0.2) is 8.42 Å². The van der Waals surface area contributed by atoms with Crippen molar-refractivity contribution in [3.05, 3.63) is 77.1 Å². The fourth-order valence-corrected chi connectivity index (χ4v) is 6.46. The van der Waals surface area contributed by atoms with Gasteiger partial charge in [-0.2, -0.15) is 4.31 Å². The maximum Gasteiger partial charge on any atom is 0.243 e. The van der Waals surface area contributed by atoms with E-state index in [4.69, 9.17) is 0 Å². The molecule has 1 saturated heterocycles. The molecule has 0 atom stereocenters. The molecule has 5 rings (SSSR count). The number of nitrogens with zero attached hydrogens (tertiary/aromatic N) is 2. The highest BCUT2D eigenvalue weighted by molar-refractivity contribution is 7.89. The first-order chi connectivity index (χ1) is 14.3. The summed E-state index contributed by atoms with van der Waals surface area (Å²) in [4.78, 5) is 0.384. The number of benzene rings is 2. The van der Waals surface area contributed by atoms with Crippen LogP contribution in [0.1, 0.15) is 35.2 Å². The highest BCUT2D eigenvalue weighted by Crippen LogP contribution is 2.45. The summed E-state index contributed by atoms with van der Waals surface area (Å²) in [5.41, 5.74) is 6.79. The standard InChI is InChI=1S/C24H27N3O2S/c1-17-6-4-7-20(16-17)30(28,29)26-14-11-24(12-15-26)22-8-5-13-27(22)23-19(3)18(2)9-10-21(23)25-24/h4-10,13,16,25H,11-12,14-15H2,1-3H3. The van der Waals surface area contributed by atoms with Gasteiger partial charge in [0.2, 0.25) is 10.0 Å². The molecule has 0 bridgehead atoms. The summed E-state index contributed by atoms with van der Waals surface area (Å²) in [7, 11) is -3.48. The summed E-state index contributed by atoms with van der Waals surface area (Å²) >= 11 is 0. The van der Waals surface area contributed by atoms with Gasteiger partial charge in [-0.1, -0.05) is 18.2 Å². The average Bonchev–Trinajstić information content (AvgIpc) is 3.22. The molecule has 1 fully saturated rings. The number of rotatable bonds is 2. The third kappa shape index (κ3) is 2.81. The summed E-state index contributed by atoms with van der Waals surface area (Å²) in [5.74, 6) is 0. The van der Waals surface area contributed by atoms with Crippen molar-refractivity contribution >= 4 is 15.7 Å². The summed E-state index contributed by atoms with van der Waals surface area (Å²) in [5, 5.41) is 3.80. The number of hydrogen-bond donors (Lipinski definition) is 1. The van der Waals surface area contributed by atoms with E-state index in [0.29, 0.717) is 18.0 Å². The van der Waals surface area contributed by atoms with E-state index in [0.717, 1.165) is 24.1 Å². The van der Waals surface area contributed by atoms with Gasteiger partial charge in [-0.3, -0.25) is 0 Å². The minimum absolute atomic E-state index is 0.253. The molecule has 0 aliphatic carbocycles. The highest BCUT2D eigenvalue weighted by atomic mass is 32.2. The molecule has 0 amide bonds. The van der Waals surface area contributed by atoms with Crippen molar-refractivity contribution in [2.45, 2.75) is 44.0 Å². The molecule has 1 N–H and O–H groups in total. The second kappa shape index (κ2) is 6.72. The van der Waals surface area contributed by atoms with Gasteiger partial charge in [0.05, 0.1) is 21.8 Å². The van der Waals surface area contributed by atoms with Crippen molar-refractivity contribution in [1.82, 2.24) is 8.87 Å². The van der Waals surface area contributed by atoms with Crippen LogP contribution in [0.2, 0.25) is 0 Å². The summed E-state index contributed by atoms with van der Waals surface area (Å²) < 4.78 is 30.3. The van der Waals surface area contributed by atoms with Crippen LogP contribution in [0.3, 0.4) is 0 Å². The van der Waals surface area contributed by atoms with Crippen LogP contribution >= 0.6 is 0 Å². The van der Waals surface area contributed by atoms with Crippen LogP contribution < -0.4 is 5.32 Å². The van der Waals surface area contributed by atoms with Crippen LogP contribution in [0, 0.1) is 20.8 Å². The monoisotopic (exact) mass is 421 g/mol. The predicted octanol–water partition coefficient (Wildman–Crippen LogP) is 4.51. The molecule has 1 spiro atoms.